The normalized spacial score (nSPS) is 12.4. The lowest BCUT2D eigenvalue weighted by Gasteiger charge is -2.25. The van der Waals surface area contributed by atoms with E-state index >= 15 is 0 Å². The topological polar surface area (TPSA) is 50.2 Å². The summed E-state index contributed by atoms with van der Waals surface area (Å²) in [6, 6.07) is 8.58. The summed E-state index contributed by atoms with van der Waals surface area (Å²) in [5, 5.41) is 7.12. The molecule has 0 bridgehead atoms. The van der Waals surface area contributed by atoms with Crippen molar-refractivity contribution >= 4 is 5.91 Å². The quantitative estimate of drug-likeness (QED) is 0.887. The number of nitrogens with one attached hydrogen (secondary N) is 1. The molecule has 0 unspecified atom stereocenters. The Bertz CT molecular complexity index is 616. The van der Waals surface area contributed by atoms with Crippen LogP contribution in [-0.2, 0) is 11.3 Å². The molecule has 1 aromatic carbocycles. The summed E-state index contributed by atoms with van der Waals surface area (Å²) in [6.45, 7) is 4.86. The van der Waals surface area contributed by atoms with Crippen molar-refractivity contribution in [3.05, 3.63) is 53.3 Å². The molecule has 0 fully saturated rings. The van der Waals surface area contributed by atoms with Crippen LogP contribution in [-0.4, -0.2) is 41.2 Å². The molecule has 5 heteroatoms. The van der Waals surface area contributed by atoms with Gasteiger partial charge in [0.25, 0.3) is 0 Å². The van der Waals surface area contributed by atoms with E-state index in [4.69, 9.17) is 0 Å². The van der Waals surface area contributed by atoms with Crippen molar-refractivity contribution in [3.63, 3.8) is 0 Å². The molecule has 0 aliphatic heterocycles. The molecule has 1 aromatic heterocycles. The van der Waals surface area contributed by atoms with Gasteiger partial charge in [0.05, 0.1) is 12.2 Å². The van der Waals surface area contributed by atoms with E-state index in [0.717, 1.165) is 5.56 Å². The van der Waals surface area contributed by atoms with E-state index in [2.05, 4.69) is 46.5 Å². The zero-order valence-corrected chi connectivity index (χ0v) is 13.7. The second kappa shape index (κ2) is 7.22. The fraction of sp³-hybridized carbons (Fsp3) is 0.412. The molecule has 1 atom stereocenters. The Hall–Kier alpha value is -2.14. The minimum absolute atomic E-state index is 0.0259. The van der Waals surface area contributed by atoms with Crippen LogP contribution in [0.4, 0.5) is 0 Å². The van der Waals surface area contributed by atoms with Gasteiger partial charge >= 0.3 is 0 Å². The van der Waals surface area contributed by atoms with Gasteiger partial charge in [0.15, 0.2) is 0 Å². The summed E-state index contributed by atoms with van der Waals surface area (Å²) in [7, 11) is 4.04. The maximum absolute atomic E-state index is 12.0. The number of amides is 1. The minimum atomic E-state index is -0.0259. The summed E-state index contributed by atoms with van der Waals surface area (Å²) < 4.78 is 1.65. The third-order valence-corrected chi connectivity index (χ3v) is 3.65. The van der Waals surface area contributed by atoms with E-state index in [-0.39, 0.29) is 18.5 Å². The van der Waals surface area contributed by atoms with Crippen LogP contribution < -0.4 is 5.32 Å². The van der Waals surface area contributed by atoms with Crippen molar-refractivity contribution < 1.29 is 4.79 Å². The number of likely N-dealkylation sites (N-methyl/N-ethyl adjacent to an activating group) is 1. The van der Waals surface area contributed by atoms with Gasteiger partial charge in [0.2, 0.25) is 5.91 Å². The van der Waals surface area contributed by atoms with Crippen molar-refractivity contribution in [1.29, 1.82) is 0 Å². The Kier molecular flexibility index (Phi) is 5.33. The standard InChI is InChI=1S/C17H24N4O/c1-13-5-7-15(8-6-13)16(20(3)4)10-18-17(22)12-21-11-14(2)9-19-21/h5-9,11,16H,10,12H2,1-4H3,(H,18,22)/t16-/m0/s1. The summed E-state index contributed by atoms with van der Waals surface area (Å²) >= 11 is 0. The van der Waals surface area contributed by atoms with Crippen molar-refractivity contribution in [2.75, 3.05) is 20.6 Å². The SMILES string of the molecule is Cc1ccc([C@H](CNC(=O)Cn2cc(C)cn2)N(C)C)cc1. The maximum Gasteiger partial charge on any atom is 0.241 e. The lowest BCUT2D eigenvalue weighted by Crippen LogP contribution is -2.36. The number of carbonyl (C=O) groups excluding carboxylic acids is 1. The number of hydrogen-bond acceptors (Lipinski definition) is 3. The smallest absolute Gasteiger partial charge is 0.241 e. The van der Waals surface area contributed by atoms with Gasteiger partial charge < -0.3 is 10.2 Å². The molecular weight excluding hydrogens is 276 g/mol. The van der Waals surface area contributed by atoms with Crippen LogP contribution >= 0.6 is 0 Å². The van der Waals surface area contributed by atoms with Crippen LogP contribution in [0.2, 0.25) is 0 Å². The average molecular weight is 300 g/mol. The third-order valence-electron chi connectivity index (χ3n) is 3.65. The molecule has 22 heavy (non-hydrogen) atoms. The van der Waals surface area contributed by atoms with Gasteiger partial charge in [-0.2, -0.15) is 5.10 Å². The first-order valence-electron chi connectivity index (χ1n) is 7.44. The van der Waals surface area contributed by atoms with Gasteiger partial charge in [-0.3, -0.25) is 9.48 Å². The van der Waals surface area contributed by atoms with Gasteiger partial charge in [-0.1, -0.05) is 29.8 Å². The Morgan fingerprint density at radius 2 is 1.91 bits per heavy atom. The average Bonchev–Trinajstić information content (AvgIpc) is 2.86. The van der Waals surface area contributed by atoms with Crippen LogP contribution in [0, 0.1) is 13.8 Å². The van der Waals surface area contributed by atoms with Gasteiger partial charge in [-0.05, 0) is 39.1 Å². The van der Waals surface area contributed by atoms with Crippen LogP contribution in [0.1, 0.15) is 22.7 Å². The molecular formula is C17H24N4O. The molecule has 1 heterocycles. The fourth-order valence-electron chi connectivity index (χ4n) is 2.35. The molecule has 2 rings (SSSR count). The number of rotatable bonds is 6. The largest absolute Gasteiger partial charge is 0.353 e. The minimum Gasteiger partial charge on any atom is -0.353 e. The van der Waals surface area contributed by atoms with Gasteiger partial charge in [-0.15, -0.1) is 0 Å². The molecule has 0 aliphatic carbocycles. The van der Waals surface area contributed by atoms with Crippen LogP contribution in [0.25, 0.3) is 0 Å². The maximum atomic E-state index is 12.0. The Morgan fingerprint density at radius 3 is 2.45 bits per heavy atom. The first-order valence-corrected chi connectivity index (χ1v) is 7.44. The molecule has 0 spiro atoms. The predicted octanol–water partition coefficient (Wildman–Crippen LogP) is 1.92. The van der Waals surface area contributed by atoms with Crippen molar-refractivity contribution in [1.82, 2.24) is 20.0 Å². The van der Waals surface area contributed by atoms with Crippen LogP contribution in [0.5, 0.6) is 0 Å². The number of aromatic nitrogens is 2. The number of aryl methyl sites for hydroxylation is 2. The van der Waals surface area contributed by atoms with Crippen LogP contribution in [0.15, 0.2) is 36.7 Å². The second-order valence-electron chi connectivity index (χ2n) is 5.91. The number of carbonyl (C=O) groups is 1. The molecule has 0 saturated heterocycles. The summed E-state index contributed by atoms with van der Waals surface area (Å²) in [6.07, 6.45) is 3.62. The molecule has 0 saturated carbocycles. The lowest BCUT2D eigenvalue weighted by atomic mass is 10.0. The Balaban J connectivity index is 1.94. The predicted molar refractivity (Wildman–Crippen MR) is 87.6 cm³/mol. The van der Waals surface area contributed by atoms with Crippen molar-refractivity contribution in [3.8, 4) is 0 Å². The van der Waals surface area contributed by atoms with E-state index in [0.29, 0.717) is 6.54 Å². The molecule has 0 aliphatic rings. The first-order chi connectivity index (χ1) is 10.5. The summed E-state index contributed by atoms with van der Waals surface area (Å²) in [5.41, 5.74) is 3.49. The highest BCUT2D eigenvalue weighted by atomic mass is 16.2. The number of benzene rings is 1. The first kappa shape index (κ1) is 16.2. The molecule has 5 nitrogen and oxygen atoms in total. The monoisotopic (exact) mass is 300 g/mol. The highest BCUT2D eigenvalue weighted by molar-refractivity contribution is 5.75. The van der Waals surface area contributed by atoms with E-state index in [9.17, 15) is 4.79 Å². The second-order valence-corrected chi connectivity index (χ2v) is 5.91. The lowest BCUT2D eigenvalue weighted by molar-refractivity contribution is -0.122. The number of hydrogen-bond donors (Lipinski definition) is 1. The van der Waals surface area contributed by atoms with E-state index < -0.39 is 0 Å². The van der Waals surface area contributed by atoms with E-state index in [1.54, 1.807) is 10.9 Å². The summed E-state index contributed by atoms with van der Waals surface area (Å²) in [5.74, 6) is -0.0259. The Labute approximate surface area is 131 Å². The Morgan fingerprint density at radius 1 is 1.23 bits per heavy atom. The zero-order valence-electron chi connectivity index (χ0n) is 13.7. The van der Waals surface area contributed by atoms with Crippen molar-refractivity contribution in [2.24, 2.45) is 0 Å². The van der Waals surface area contributed by atoms with E-state index in [1.165, 1.54) is 11.1 Å². The van der Waals surface area contributed by atoms with Gasteiger partial charge in [-0.25, -0.2) is 0 Å². The van der Waals surface area contributed by atoms with Gasteiger partial charge in [0, 0.05) is 12.7 Å². The number of nitrogens with zero attached hydrogens (tertiary/aromatic N) is 3. The zero-order chi connectivity index (χ0) is 16.1. The highest BCUT2D eigenvalue weighted by Crippen LogP contribution is 2.17. The van der Waals surface area contributed by atoms with E-state index in [1.807, 2.05) is 27.2 Å². The molecule has 1 N–H and O–H groups in total. The molecule has 118 valence electrons. The summed E-state index contributed by atoms with van der Waals surface area (Å²) in [4.78, 5) is 14.2. The third kappa shape index (κ3) is 4.43. The molecule has 2 aromatic rings. The van der Waals surface area contributed by atoms with Crippen molar-refractivity contribution in [2.45, 2.75) is 26.4 Å². The molecule has 0 radical (unpaired) electrons. The highest BCUT2D eigenvalue weighted by Gasteiger charge is 2.15. The molecule has 1 amide bonds. The van der Waals surface area contributed by atoms with Gasteiger partial charge in [0.1, 0.15) is 6.54 Å². The van der Waals surface area contributed by atoms with Crippen LogP contribution in [0.3, 0.4) is 0 Å². The fourth-order valence-corrected chi connectivity index (χ4v) is 2.35.